The predicted molar refractivity (Wildman–Crippen MR) is 165 cm³/mol. The van der Waals surface area contributed by atoms with E-state index in [9.17, 15) is 18.3 Å². The molecule has 3 aromatic rings. The predicted octanol–water partition coefficient (Wildman–Crippen LogP) is 4.48. The number of sulfonamides is 1. The highest BCUT2D eigenvalue weighted by molar-refractivity contribution is 7.89. The molecule has 8 nitrogen and oxygen atoms in total. The van der Waals surface area contributed by atoms with Crippen molar-refractivity contribution in [2.45, 2.75) is 75.8 Å². The summed E-state index contributed by atoms with van der Waals surface area (Å²) in [5.74, 6) is -0.336. The highest BCUT2D eigenvalue weighted by atomic mass is 32.2. The minimum atomic E-state index is -3.85. The first kappa shape index (κ1) is 31.8. The fourth-order valence-electron chi connectivity index (χ4n) is 5.89. The number of nitrogens with one attached hydrogen (secondary N) is 1. The van der Waals surface area contributed by atoms with Crippen LogP contribution in [-0.2, 0) is 40.5 Å². The number of aliphatic carboxylic acids is 1. The van der Waals surface area contributed by atoms with Crippen LogP contribution in [0.3, 0.4) is 0 Å². The summed E-state index contributed by atoms with van der Waals surface area (Å²) in [7, 11) is -2.34. The first-order valence-corrected chi connectivity index (χ1v) is 16.1. The lowest BCUT2D eigenvalue weighted by molar-refractivity contribution is -0.136. The number of carboxylic acids is 1. The third-order valence-corrected chi connectivity index (χ3v) is 9.97. The number of β-amino-alcohol motifs (C(OH)–C–C–N with tert-alkyl or cyclic N) is 1. The second-order valence-corrected chi connectivity index (χ2v) is 14.0. The van der Waals surface area contributed by atoms with Crippen molar-refractivity contribution in [1.82, 2.24) is 14.6 Å². The van der Waals surface area contributed by atoms with Crippen LogP contribution in [0.25, 0.3) is 11.3 Å². The molecule has 1 aromatic heterocycles. The number of benzene rings is 2. The van der Waals surface area contributed by atoms with Crippen molar-refractivity contribution in [1.29, 1.82) is 0 Å². The lowest BCUT2D eigenvalue weighted by atomic mass is 9.88. The van der Waals surface area contributed by atoms with Crippen LogP contribution in [-0.4, -0.2) is 65.7 Å². The number of carbonyl (C=O) groups is 1. The van der Waals surface area contributed by atoms with Gasteiger partial charge < -0.3 is 15.5 Å². The van der Waals surface area contributed by atoms with Crippen LogP contribution < -0.4 is 5.32 Å². The van der Waals surface area contributed by atoms with Crippen molar-refractivity contribution in [3.05, 3.63) is 83.0 Å². The van der Waals surface area contributed by atoms with Crippen molar-refractivity contribution in [2.24, 2.45) is 5.92 Å². The van der Waals surface area contributed by atoms with Crippen LogP contribution in [0, 0.1) is 5.92 Å². The number of aliphatic hydroxyl groups excluding tert-OH is 1. The molecule has 1 aliphatic rings. The van der Waals surface area contributed by atoms with Gasteiger partial charge >= 0.3 is 5.97 Å². The van der Waals surface area contributed by atoms with Gasteiger partial charge in [-0.05, 0) is 86.4 Å². The normalized spacial score (nSPS) is 14.7. The zero-order valence-corrected chi connectivity index (χ0v) is 25.8. The lowest BCUT2D eigenvalue weighted by Gasteiger charge is -2.31. The monoisotopic (exact) mass is 593 g/mol. The van der Waals surface area contributed by atoms with Crippen molar-refractivity contribution in [3.63, 3.8) is 0 Å². The Labute approximate surface area is 249 Å². The van der Waals surface area contributed by atoms with E-state index in [0.717, 1.165) is 24.8 Å². The van der Waals surface area contributed by atoms with Crippen molar-refractivity contribution in [2.75, 3.05) is 20.1 Å². The van der Waals surface area contributed by atoms with Crippen molar-refractivity contribution in [3.8, 4) is 11.3 Å². The van der Waals surface area contributed by atoms with Crippen LogP contribution in [0.2, 0.25) is 0 Å². The molecule has 1 atom stereocenters. The largest absolute Gasteiger partial charge is 0.481 e. The second kappa shape index (κ2) is 13.5. The summed E-state index contributed by atoms with van der Waals surface area (Å²) in [5, 5.41) is 23.2. The summed E-state index contributed by atoms with van der Waals surface area (Å²) < 4.78 is 28.3. The van der Waals surface area contributed by atoms with Crippen molar-refractivity contribution < 1.29 is 23.4 Å². The summed E-state index contributed by atoms with van der Waals surface area (Å²) in [6.45, 7) is 6.43. The van der Waals surface area contributed by atoms with Gasteiger partial charge in [0, 0.05) is 43.4 Å². The summed E-state index contributed by atoms with van der Waals surface area (Å²) >= 11 is 0. The van der Waals surface area contributed by atoms with Gasteiger partial charge in [0.1, 0.15) is 0 Å². The Hall–Kier alpha value is -3.11. The number of nitrogens with zero attached hydrogens (tertiary/aromatic N) is 2. The molecule has 0 saturated heterocycles. The molecule has 0 saturated carbocycles. The number of hydrogen-bond acceptors (Lipinski definition) is 6. The minimum Gasteiger partial charge on any atom is -0.481 e. The number of likely N-dealkylation sites (N-methyl/N-ethyl adjacent to an activating group) is 1. The summed E-state index contributed by atoms with van der Waals surface area (Å²) in [4.78, 5) is 15.7. The van der Waals surface area contributed by atoms with Gasteiger partial charge in [-0.15, -0.1) is 0 Å². The van der Waals surface area contributed by atoms with E-state index in [0.29, 0.717) is 35.7 Å². The fourth-order valence-corrected chi connectivity index (χ4v) is 7.37. The van der Waals surface area contributed by atoms with E-state index in [1.54, 1.807) is 18.2 Å². The van der Waals surface area contributed by atoms with Gasteiger partial charge in [-0.25, -0.2) is 8.42 Å². The first-order chi connectivity index (χ1) is 19.9. The zero-order valence-electron chi connectivity index (χ0n) is 25.0. The molecular weight excluding hydrogens is 550 g/mol. The van der Waals surface area contributed by atoms with Crippen LogP contribution in [0.1, 0.15) is 56.0 Å². The van der Waals surface area contributed by atoms with Crippen LogP contribution in [0.5, 0.6) is 0 Å². The van der Waals surface area contributed by atoms with Crippen molar-refractivity contribution >= 4 is 16.0 Å². The van der Waals surface area contributed by atoms with E-state index in [1.165, 1.54) is 22.5 Å². The molecule has 4 rings (SSSR count). The van der Waals surface area contributed by atoms with Gasteiger partial charge in [-0.2, -0.15) is 4.31 Å². The number of carboxylic acid groups (broad SMARTS) is 1. The summed E-state index contributed by atoms with van der Waals surface area (Å²) in [5.41, 5.74) is 5.40. The average molecular weight is 594 g/mol. The number of hydrogen-bond donors (Lipinski definition) is 3. The highest BCUT2D eigenvalue weighted by Gasteiger charge is 2.30. The Bertz CT molecular complexity index is 1480. The van der Waals surface area contributed by atoms with E-state index in [2.05, 4.69) is 48.4 Å². The molecule has 9 heteroatoms. The molecule has 1 aliphatic carbocycles. The first-order valence-electron chi connectivity index (χ1n) is 14.6. The van der Waals surface area contributed by atoms with Gasteiger partial charge in [-0.3, -0.25) is 9.78 Å². The maximum Gasteiger partial charge on any atom is 0.303 e. The van der Waals surface area contributed by atoms with Gasteiger partial charge in [-0.1, -0.05) is 43.3 Å². The Morgan fingerprint density at radius 2 is 1.79 bits per heavy atom. The number of aromatic nitrogens is 1. The highest BCUT2D eigenvalue weighted by Crippen LogP contribution is 2.32. The number of rotatable bonds is 14. The molecule has 2 aromatic carbocycles. The van der Waals surface area contributed by atoms with E-state index in [-0.39, 0.29) is 29.9 Å². The maximum atomic E-state index is 13.6. The Balaban J connectivity index is 1.37. The molecule has 1 heterocycles. The molecule has 0 unspecified atom stereocenters. The summed E-state index contributed by atoms with van der Waals surface area (Å²) in [6.07, 6.45) is 3.04. The lowest BCUT2D eigenvalue weighted by Crippen LogP contribution is -2.47. The average Bonchev–Trinajstić information content (AvgIpc) is 3.36. The van der Waals surface area contributed by atoms with E-state index in [1.807, 2.05) is 25.1 Å². The second-order valence-electron chi connectivity index (χ2n) is 12.0. The Kier molecular flexibility index (Phi) is 10.2. The molecule has 0 aliphatic heterocycles. The number of aryl methyl sites for hydroxylation is 2. The smallest absolute Gasteiger partial charge is 0.303 e. The summed E-state index contributed by atoms with van der Waals surface area (Å²) in [6, 6.07) is 19.2. The Morgan fingerprint density at radius 3 is 2.43 bits per heavy atom. The molecule has 0 amide bonds. The maximum absolute atomic E-state index is 13.6. The van der Waals surface area contributed by atoms with Crippen LogP contribution >= 0.6 is 0 Å². The van der Waals surface area contributed by atoms with Gasteiger partial charge in [0.25, 0.3) is 0 Å². The topological polar surface area (TPSA) is 120 Å². The van der Waals surface area contributed by atoms with E-state index in [4.69, 9.17) is 5.11 Å². The standard InChI is InChI=1S/C33H43N3O5S/c1-5-24-19-27(30-12-8-11-28(35-30)14-16-32(38)39)13-15-31(24)42(40,41)36(4)22-29(37)21-34-33(2,3)20-23-17-25-9-6-7-10-26(25)18-23/h6-13,15,19,23,29,34,37H,5,14,16-18,20-22H2,1-4H3,(H,38,39)/t29-/m1/s1. The molecule has 226 valence electrons. The van der Waals surface area contributed by atoms with E-state index >= 15 is 0 Å². The third kappa shape index (κ3) is 8.04. The molecule has 3 N–H and O–H groups in total. The SMILES string of the molecule is CCc1cc(-c2cccc(CCC(=O)O)n2)ccc1S(=O)(=O)N(C)C[C@H](O)CNC(C)(C)CC1Cc2ccccc2C1. The molecular formula is C33H43N3O5S. The minimum absolute atomic E-state index is 0.00560. The fraction of sp³-hybridized carbons (Fsp3) is 0.455. The molecule has 0 radical (unpaired) electrons. The quantitative estimate of drug-likeness (QED) is 0.252. The zero-order chi connectivity index (χ0) is 30.5. The van der Waals surface area contributed by atoms with Gasteiger partial charge in [0.2, 0.25) is 10.0 Å². The van der Waals surface area contributed by atoms with Gasteiger partial charge in [0.15, 0.2) is 0 Å². The van der Waals surface area contributed by atoms with Gasteiger partial charge in [0.05, 0.1) is 23.1 Å². The Morgan fingerprint density at radius 1 is 1.10 bits per heavy atom. The third-order valence-electron chi connectivity index (χ3n) is 8.05. The number of aliphatic hydroxyl groups is 1. The number of pyridine rings is 1. The molecule has 0 fully saturated rings. The van der Waals surface area contributed by atoms with Crippen LogP contribution in [0.15, 0.2) is 65.6 Å². The molecule has 42 heavy (non-hydrogen) atoms. The van der Waals surface area contributed by atoms with Crippen LogP contribution in [0.4, 0.5) is 0 Å². The number of fused-ring (bicyclic) bond motifs is 1. The van der Waals surface area contributed by atoms with E-state index < -0.39 is 22.1 Å². The molecule has 0 bridgehead atoms. The molecule has 0 spiro atoms.